The topological polar surface area (TPSA) is 59.4 Å². The van der Waals surface area contributed by atoms with Gasteiger partial charge in [0.2, 0.25) is 0 Å². The van der Waals surface area contributed by atoms with Crippen LogP contribution in [0.1, 0.15) is 16.0 Å². The molecule has 0 aliphatic carbocycles. The van der Waals surface area contributed by atoms with Crippen LogP contribution in [0.5, 0.6) is 5.75 Å². The lowest BCUT2D eigenvalue weighted by Crippen LogP contribution is -2.00. The number of aryl methyl sites for hydroxylation is 2. The van der Waals surface area contributed by atoms with E-state index in [0.717, 1.165) is 33.0 Å². The largest absolute Gasteiger partial charge is 0.496 e. The summed E-state index contributed by atoms with van der Waals surface area (Å²) in [6.07, 6.45) is 0.00448. The first-order valence-corrected chi connectivity index (χ1v) is 6.70. The molecule has 0 radical (unpaired) electrons. The molecule has 5 heteroatoms. The van der Waals surface area contributed by atoms with Crippen LogP contribution < -0.4 is 4.74 Å². The van der Waals surface area contributed by atoms with Gasteiger partial charge < -0.3 is 9.84 Å². The molecule has 1 heterocycles. The lowest BCUT2D eigenvalue weighted by atomic mass is 10.0. The Bertz CT molecular complexity index is 619. The van der Waals surface area contributed by atoms with Gasteiger partial charge in [-0.2, -0.15) is 0 Å². The summed E-state index contributed by atoms with van der Waals surface area (Å²) < 4.78 is 5.28. The molecule has 2 rings (SSSR count). The number of methoxy groups -OCH3 is 1. The van der Waals surface area contributed by atoms with Gasteiger partial charge in [-0.05, 0) is 37.1 Å². The van der Waals surface area contributed by atoms with Crippen LogP contribution in [-0.2, 0) is 11.2 Å². The zero-order valence-electron chi connectivity index (χ0n) is 11.1. The minimum absolute atomic E-state index is 0.00448. The standard InChI is InChI=1S/C14H15NO3S/c1-8-5-11(18-3)9(2)4-10(8)14-12(6-13(16)17)19-7-15-14/h4-5,7H,6H2,1-3H3,(H,16,17). The highest BCUT2D eigenvalue weighted by molar-refractivity contribution is 7.10. The van der Waals surface area contributed by atoms with E-state index in [1.165, 1.54) is 11.3 Å². The number of aromatic nitrogens is 1. The summed E-state index contributed by atoms with van der Waals surface area (Å²) in [5.41, 5.74) is 5.45. The van der Waals surface area contributed by atoms with Crippen LogP contribution in [0.15, 0.2) is 17.6 Å². The minimum atomic E-state index is -0.839. The molecule has 4 nitrogen and oxygen atoms in total. The van der Waals surface area contributed by atoms with Gasteiger partial charge in [0.1, 0.15) is 5.75 Å². The van der Waals surface area contributed by atoms with Crippen molar-refractivity contribution in [2.24, 2.45) is 0 Å². The second-order valence-electron chi connectivity index (χ2n) is 4.33. The summed E-state index contributed by atoms with van der Waals surface area (Å²) in [7, 11) is 1.64. The first-order chi connectivity index (χ1) is 9.02. The molecular weight excluding hydrogens is 262 g/mol. The van der Waals surface area contributed by atoms with Gasteiger partial charge in [0.15, 0.2) is 0 Å². The van der Waals surface area contributed by atoms with Crippen molar-refractivity contribution in [3.63, 3.8) is 0 Å². The number of nitrogens with zero attached hydrogens (tertiary/aromatic N) is 1. The van der Waals surface area contributed by atoms with Crippen molar-refractivity contribution < 1.29 is 14.6 Å². The third kappa shape index (κ3) is 2.76. The first kappa shape index (κ1) is 13.5. The number of hydrogen-bond donors (Lipinski definition) is 1. The Morgan fingerprint density at radius 2 is 2.11 bits per heavy atom. The third-order valence-corrected chi connectivity index (χ3v) is 3.78. The van der Waals surface area contributed by atoms with Crippen molar-refractivity contribution >= 4 is 17.3 Å². The summed E-state index contributed by atoms with van der Waals surface area (Å²) >= 11 is 1.37. The Balaban J connectivity index is 2.50. The monoisotopic (exact) mass is 277 g/mol. The third-order valence-electron chi connectivity index (χ3n) is 2.95. The van der Waals surface area contributed by atoms with Crippen molar-refractivity contribution in [1.82, 2.24) is 4.98 Å². The molecule has 0 fully saturated rings. The normalized spacial score (nSPS) is 10.5. The fraction of sp³-hybridized carbons (Fsp3) is 0.286. The molecule has 1 N–H and O–H groups in total. The van der Waals surface area contributed by atoms with Crippen molar-refractivity contribution in [3.8, 4) is 17.0 Å². The molecule has 0 saturated carbocycles. The molecule has 0 unspecified atom stereocenters. The van der Waals surface area contributed by atoms with Gasteiger partial charge in [-0.15, -0.1) is 11.3 Å². The number of thiazole rings is 1. The van der Waals surface area contributed by atoms with E-state index in [9.17, 15) is 4.79 Å². The van der Waals surface area contributed by atoms with Gasteiger partial charge in [-0.25, -0.2) is 4.98 Å². The van der Waals surface area contributed by atoms with E-state index in [4.69, 9.17) is 9.84 Å². The smallest absolute Gasteiger partial charge is 0.308 e. The summed E-state index contributed by atoms with van der Waals surface area (Å²) in [6, 6.07) is 3.95. The predicted octanol–water partition coefficient (Wildman–Crippen LogP) is 3.06. The van der Waals surface area contributed by atoms with Crippen molar-refractivity contribution in [2.75, 3.05) is 7.11 Å². The molecule has 1 aromatic heterocycles. The lowest BCUT2D eigenvalue weighted by Gasteiger charge is -2.10. The number of benzene rings is 1. The fourth-order valence-corrected chi connectivity index (χ4v) is 2.78. The summed E-state index contributed by atoms with van der Waals surface area (Å²) in [6.45, 7) is 3.94. The minimum Gasteiger partial charge on any atom is -0.496 e. The molecule has 2 aromatic rings. The maximum absolute atomic E-state index is 10.9. The van der Waals surface area contributed by atoms with Crippen LogP contribution in [0.4, 0.5) is 0 Å². The number of rotatable bonds is 4. The number of aliphatic carboxylic acids is 1. The van der Waals surface area contributed by atoms with Crippen molar-refractivity contribution in [2.45, 2.75) is 20.3 Å². The second kappa shape index (κ2) is 5.40. The molecule has 19 heavy (non-hydrogen) atoms. The molecule has 100 valence electrons. The molecule has 0 aliphatic rings. The number of hydrogen-bond acceptors (Lipinski definition) is 4. The SMILES string of the molecule is COc1cc(C)c(-c2ncsc2CC(=O)O)cc1C. The van der Waals surface area contributed by atoms with E-state index in [1.54, 1.807) is 12.6 Å². The molecule has 0 atom stereocenters. The summed E-state index contributed by atoms with van der Waals surface area (Å²) in [5, 5.41) is 8.92. The van der Waals surface area contributed by atoms with Crippen LogP contribution in [-0.4, -0.2) is 23.2 Å². The first-order valence-electron chi connectivity index (χ1n) is 5.82. The Labute approximate surface area is 115 Å². The zero-order valence-corrected chi connectivity index (χ0v) is 11.9. The summed E-state index contributed by atoms with van der Waals surface area (Å²) in [4.78, 5) is 16.0. The second-order valence-corrected chi connectivity index (χ2v) is 5.27. The Hall–Kier alpha value is -1.88. The van der Waals surface area contributed by atoms with Crippen molar-refractivity contribution in [3.05, 3.63) is 33.6 Å². The van der Waals surface area contributed by atoms with E-state index in [-0.39, 0.29) is 6.42 Å². The quantitative estimate of drug-likeness (QED) is 0.933. The zero-order chi connectivity index (χ0) is 14.0. The molecule has 0 bridgehead atoms. The Kier molecular flexibility index (Phi) is 3.85. The number of ether oxygens (including phenoxy) is 1. The van der Waals surface area contributed by atoms with E-state index < -0.39 is 5.97 Å². The maximum atomic E-state index is 10.9. The Morgan fingerprint density at radius 1 is 1.37 bits per heavy atom. The Morgan fingerprint density at radius 3 is 2.74 bits per heavy atom. The molecule has 0 spiro atoms. The van der Waals surface area contributed by atoms with Gasteiger partial charge >= 0.3 is 5.97 Å². The summed E-state index contributed by atoms with van der Waals surface area (Å²) in [5.74, 6) is -0.00958. The molecular formula is C14H15NO3S. The number of carboxylic acids is 1. The highest BCUT2D eigenvalue weighted by Gasteiger charge is 2.15. The van der Waals surface area contributed by atoms with E-state index in [0.29, 0.717) is 0 Å². The van der Waals surface area contributed by atoms with E-state index in [1.807, 2.05) is 26.0 Å². The predicted molar refractivity (Wildman–Crippen MR) is 74.9 cm³/mol. The van der Waals surface area contributed by atoms with E-state index in [2.05, 4.69) is 4.98 Å². The van der Waals surface area contributed by atoms with Crippen LogP contribution in [0.25, 0.3) is 11.3 Å². The van der Waals surface area contributed by atoms with Gasteiger partial charge in [0.05, 0.1) is 24.7 Å². The highest BCUT2D eigenvalue weighted by Crippen LogP contribution is 2.32. The number of carboxylic acid groups (broad SMARTS) is 1. The van der Waals surface area contributed by atoms with Gasteiger partial charge in [-0.3, -0.25) is 4.79 Å². The molecule has 0 amide bonds. The molecule has 0 saturated heterocycles. The van der Waals surface area contributed by atoms with Crippen LogP contribution in [0, 0.1) is 13.8 Å². The average molecular weight is 277 g/mol. The molecule has 1 aromatic carbocycles. The fourth-order valence-electron chi connectivity index (χ4n) is 2.02. The molecule has 0 aliphatic heterocycles. The maximum Gasteiger partial charge on any atom is 0.308 e. The highest BCUT2D eigenvalue weighted by atomic mass is 32.1. The lowest BCUT2D eigenvalue weighted by molar-refractivity contribution is -0.136. The van der Waals surface area contributed by atoms with Gasteiger partial charge in [-0.1, -0.05) is 0 Å². The number of carbonyl (C=O) groups is 1. The van der Waals surface area contributed by atoms with Crippen LogP contribution >= 0.6 is 11.3 Å². The van der Waals surface area contributed by atoms with Crippen molar-refractivity contribution in [1.29, 1.82) is 0 Å². The van der Waals surface area contributed by atoms with Crippen LogP contribution in [0.2, 0.25) is 0 Å². The van der Waals surface area contributed by atoms with Crippen LogP contribution in [0.3, 0.4) is 0 Å². The van der Waals surface area contributed by atoms with Gasteiger partial charge in [0, 0.05) is 10.4 Å². The van der Waals surface area contributed by atoms with E-state index >= 15 is 0 Å². The average Bonchev–Trinajstić information content (AvgIpc) is 2.78. The van der Waals surface area contributed by atoms with Gasteiger partial charge in [0.25, 0.3) is 0 Å².